The van der Waals surface area contributed by atoms with E-state index in [1.807, 2.05) is 30.5 Å². The summed E-state index contributed by atoms with van der Waals surface area (Å²) in [6.45, 7) is 1.61. The quantitative estimate of drug-likeness (QED) is 0.789. The summed E-state index contributed by atoms with van der Waals surface area (Å²) in [6, 6.07) is 9.92. The average molecular weight is 442 g/mol. The molecule has 0 unspecified atom stereocenters. The largest absolute Gasteiger partial charge is 0.307 e. The van der Waals surface area contributed by atoms with Gasteiger partial charge in [-0.2, -0.15) is 0 Å². The molecule has 0 aliphatic carbocycles. The topological polar surface area (TPSA) is 37.8 Å². The molecule has 2 heterocycles. The highest BCUT2D eigenvalue weighted by atomic mass is 79.9. The maximum Gasteiger partial charge on any atom is 0.0541 e. The van der Waals surface area contributed by atoms with Crippen LogP contribution in [0.3, 0.4) is 0 Å². The lowest BCUT2D eigenvalue weighted by Gasteiger charge is -2.03. The van der Waals surface area contributed by atoms with Crippen molar-refractivity contribution in [1.82, 2.24) is 15.3 Å². The molecule has 0 fully saturated rings. The molecule has 3 nitrogen and oxygen atoms in total. The number of halogens is 3. The Balaban J connectivity index is 0. The van der Waals surface area contributed by atoms with Crippen LogP contribution in [0.15, 0.2) is 48.9 Å². The molecule has 0 aliphatic rings. The van der Waals surface area contributed by atoms with Crippen molar-refractivity contribution in [3.05, 3.63) is 60.2 Å². The minimum absolute atomic E-state index is 0. The molecule has 2 aromatic heterocycles. The zero-order valence-corrected chi connectivity index (χ0v) is 14.8. The zero-order valence-electron chi connectivity index (χ0n) is 9.65. The van der Waals surface area contributed by atoms with Crippen molar-refractivity contribution >= 4 is 50.9 Å². The van der Waals surface area contributed by atoms with Crippen LogP contribution in [0.5, 0.6) is 0 Å². The van der Waals surface area contributed by atoms with Gasteiger partial charge in [-0.05, 0) is 23.8 Å². The summed E-state index contributed by atoms with van der Waals surface area (Å²) in [5, 5.41) is 3.32. The Morgan fingerprint density at radius 2 is 1.72 bits per heavy atom. The van der Waals surface area contributed by atoms with Crippen LogP contribution < -0.4 is 5.32 Å². The van der Waals surface area contributed by atoms with E-state index < -0.39 is 0 Å². The van der Waals surface area contributed by atoms with Gasteiger partial charge in [0.05, 0.1) is 5.69 Å². The van der Waals surface area contributed by atoms with Crippen LogP contribution in [0.4, 0.5) is 0 Å². The van der Waals surface area contributed by atoms with Gasteiger partial charge in [-0.25, -0.2) is 0 Å². The molecule has 0 aromatic carbocycles. The van der Waals surface area contributed by atoms with Crippen molar-refractivity contribution in [2.45, 2.75) is 13.1 Å². The van der Waals surface area contributed by atoms with Gasteiger partial charge < -0.3 is 5.32 Å². The van der Waals surface area contributed by atoms with Gasteiger partial charge in [0, 0.05) is 31.7 Å². The molecule has 0 amide bonds. The van der Waals surface area contributed by atoms with E-state index in [9.17, 15) is 0 Å². The molecule has 2 aromatic rings. The van der Waals surface area contributed by atoms with Crippen LogP contribution in [-0.2, 0) is 13.1 Å². The van der Waals surface area contributed by atoms with Gasteiger partial charge in [0.2, 0.25) is 0 Å². The lowest BCUT2D eigenvalue weighted by molar-refractivity contribution is 0.678. The molecular formula is C12H16Br3N3. The van der Waals surface area contributed by atoms with Crippen molar-refractivity contribution in [1.29, 1.82) is 0 Å². The molecule has 0 saturated carbocycles. The molecule has 0 aliphatic heterocycles. The van der Waals surface area contributed by atoms with Crippen LogP contribution in [0, 0.1) is 0 Å². The third-order valence-electron chi connectivity index (χ3n) is 2.08. The van der Waals surface area contributed by atoms with Crippen molar-refractivity contribution in [3.8, 4) is 0 Å². The molecule has 0 saturated heterocycles. The van der Waals surface area contributed by atoms with Gasteiger partial charge in [0.25, 0.3) is 0 Å². The molecule has 6 heteroatoms. The van der Waals surface area contributed by atoms with E-state index in [1.165, 1.54) is 5.56 Å². The second-order valence-corrected chi connectivity index (χ2v) is 3.29. The maximum absolute atomic E-state index is 4.23. The third-order valence-corrected chi connectivity index (χ3v) is 2.08. The van der Waals surface area contributed by atoms with E-state index in [1.54, 1.807) is 12.4 Å². The number of aromatic nitrogens is 2. The van der Waals surface area contributed by atoms with Crippen molar-refractivity contribution < 1.29 is 0 Å². The van der Waals surface area contributed by atoms with Gasteiger partial charge in [-0.1, -0.05) is 12.1 Å². The Morgan fingerprint density at radius 3 is 2.33 bits per heavy atom. The van der Waals surface area contributed by atoms with Gasteiger partial charge >= 0.3 is 0 Å². The van der Waals surface area contributed by atoms with Crippen LogP contribution in [0.2, 0.25) is 0 Å². The molecule has 0 radical (unpaired) electrons. The van der Waals surface area contributed by atoms with Crippen molar-refractivity contribution in [2.24, 2.45) is 0 Å². The first-order valence-electron chi connectivity index (χ1n) is 4.95. The summed E-state index contributed by atoms with van der Waals surface area (Å²) < 4.78 is 0. The van der Waals surface area contributed by atoms with E-state index >= 15 is 0 Å². The number of hydrogen-bond donors (Lipinski definition) is 1. The smallest absolute Gasteiger partial charge is 0.0541 e. The van der Waals surface area contributed by atoms with E-state index in [4.69, 9.17) is 0 Å². The van der Waals surface area contributed by atoms with Crippen LogP contribution in [0.1, 0.15) is 11.3 Å². The highest BCUT2D eigenvalue weighted by Gasteiger charge is 1.93. The molecule has 0 spiro atoms. The van der Waals surface area contributed by atoms with E-state index in [0.29, 0.717) is 0 Å². The monoisotopic (exact) mass is 439 g/mol. The van der Waals surface area contributed by atoms with E-state index in [-0.39, 0.29) is 50.9 Å². The first-order chi connectivity index (χ1) is 7.45. The highest BCUT2D eigenvalue weighted by molar-refractivity contribution is 8.93. The summed E-state index contributed by atoms with van der Waals surface area (Å²) in [5.41, 5.74) is 2.25. The normalized spacial score (nSPS) is 8.44. The fourth-order valence-corrected chi connectivity index (χ4v) is 1.34. The van der Waals surface area contributed by atoms with Gasteiger partial charge in [0.15, 0.2) is 0 Å². The molecule has 0 atom stereocenters. The Bertz CT molecular complexity index is 358. The summed E-state index contributed by atoms with van der Waals surface area (Å²) in [5.74, 6) is 0. The lowest BCUT2D eigenvalue weighted by atomic mass is 10.3. The summed E-state index contributed by atoms with van der Waals surface area (Å²) in [6.07, 6.45) is 5.45. The average Bonchev–Trinajstić information content (AvgIpc) is 2.32. The van der Waals surface area contributed by atoms with Crippen molar-refractivity contribution in [2.75, 3.05) is 0 Å². The SMILES string of the molecule is Br.Br.Br.c1ccc(CNCc2cccnc2)nc1. The van der Waals surface area contributed by atoms with Gasteiger partial charge in [-0.15, -0.1) is 50.9 Å². The molecule has 100 valence electrons. The molecule has 1 N–H and O–H groups in total. The number of pyridine rings is 2. The second kappa shape index (κ2) is 11.8. The third kappa shape index (κ3) is 7.20. The Labute approximate surface area is 139 Å². The standard InChI is InChI=1S/C12H13N3.3BrH/c1-2-7-15-12(5-1)10-14-9-11-4-3-6-13-8-11;;;/h1-8,14H,9-10H2;3*1H. The minimum Gasteiger partial charge on any atom is -0.307 e. The van der Waals surface area contributed by atoms with Crippen molar-refractivity contribution in [3.63, 3.8) is 0 Å². The van der Waals surface area contributed by atoms with E-state index in [2.05, 4.69) is 21.4 Å². The predicted molar refractivity (Wildman–Crippen MR) is 90.0 cm³/mol. The van der Waals surface area contributed by atoms with Crippen LogP contribution in [-0.4, -0.2) is 9.97 Å². The summed E-state index contributed by atoms with van der Waals surface area (Å²) >= 11 is 0. The number of rotatable bonds is 4. The van der Waals surface area contributed by atoms with Gasteiger partial charge in [0.1, 0.15) is 0 Å². The second-order valence-electron chi connectivity index (χ2n) is 3.29. The zero-order chi connectivity index (χ0) is 10.3. The fourth-order valence-electron chi connectivity index (χ4n) is 1.34. The molecule has 0 bridgehead atoms. The Kier molecular flexibility index (Phi) is 13.1. The first-order valence-corrected chi connectivity index (χ1v) is 4.95. The highest BCUT2D eigenvalue weighted by Crippen LogP contribution is 1.96. The lowest BCUT2D eigenvalue weighted by Crippen LogP contribution is -2.13. The molecule has 18 heavy (non-hydrogen) atoms. The first kappa shape index (κ1) is 20.0. The minimum atomic E-state index is 0. The predicted octanol–water partition coefficient (Wildman–Crippen LogP) is 3.50. The van der Waals surface area contributed by atoms with Crippen LogP contribution in [0.25, 0.3) is 0 Å². The number of nitrogens with zero attached hydrogens (tertiary/aromatic N) is 2. The molecular weight excluding hydrogens is 426 g/mol. The number of nitrogens with one attached hydrogen (secondary N) is 1. The Morgan fingerprint density at radius 1 is 0.889 bits per heavy atom. The number of hydrogen-bond acceptors (Lipinski definition) is 3. The van der Waals surface area contributed by atoms with Crippen LogP contribution >= 0.6 is 50.9 Å². The fraction of sp³-hybridized carbons (Fsp3) is 0.167. The van der Waals surface area contributed by atoms with Gasteiger partial charge in [-0.3, -0.25) is 9.97 Å². The molecule has 2 rings (SSSR count). The summed E-state index contributed by atoms with van der Waals surface area (Å²) in [7, 11) is 0. The maximum atomic E-state index is 4.23. The van der Waals surface area contributed by atoms with E-state index in [0.717, 1.165) is 18.8 Å². The summed E-state index contributed by atoms with van der Waals surface area (Å²) in [4.78, 5) is 8.29. The Hall–Kier alpha value is -0.300.